The quantitative estimate of drug-likeness (QED) is 0.751. The molecule has 1 N–H and O–H groups in total. The van der Waals surface area contributed by atoms with Crippen LogP contribution in [0.2, 0.25) is 0 Å². The molecule has 98 valence electrons. The van der Waals surface area contributed by atoms with Crippen LogP contribution in [-0.4, -0.2) is 31.1 Å². The van der Waals surface area contributed by atoms with Crippen LogP contribution in [0.25, 0.3) is 0 Å². The molecule has 0 unspecified atom stereocenters. The number of nitrogens with zero attached hydrogens (tertiary/aromatic N) is 2. The number of nitriles is 1. The highest BCUT2D eigenvalue weighted by molar-refractivity contribution is 5.51. The fourth-order valence-corrected chi connectivity index (χ4v) is 1.97. The lowest BCUT2D eigenvalue weighted by molar-refractivity contribution is 0.303. The molecule has 0 radical (unpaired) electrons. The zero-order valence-corrected chi connectivity index (χ0v) is 11.7. The van der Waals surface area contributed by atoms with Gasteiger partial charge in [-0.05, 0) is 56.7 Å². The van der Waals surface area contributed by atoms with Crippen LogP contribution in [0.3, 0.4) is 0 Å². The Morgan fingerprint density at radius 3 is 2.56 bits per heavy atom. The molecule has 0 aliphatic carbocycles. The van der Waals surface area contributed by atoms with Gasteiger partial charge in [0, 0.05) is 12.2 Å². The fourth-order valence-electron chi connectivity index (χ4n) is 1.97. The molecule has 0 bridgehead atoms. The molecule has 1 aromatic rings. The van der Waals surface area contributed by atoms with Crippen molar-refractivity contribution in [2.24, 2.45) is 0 Å². The Morgan fingerprint density at radius 1 is 1.28 bits per heavy atom. The monoisotopic (exact) mass is 245 g/mol. The van der Waals surface area contributed by atoms with Crippen LogP contribution in [0.4, 0.5) is 5.69 Å². The summed E-state index contributed by atoms with van der Waals surface area (Å²) in [7, 11) is 0. The van der Waals surface area contributed by atoms with E-state index in [1.165, 1.54) is 0 Å². The minimum absolute atomic E-state index is 0.753. The summed E-state index contributed by atoms with van der Waals surface area (Å²) >= 11 is 0. The van der Waals surface area contributed by atoms with Gasteiger partial charge in [0.15, 0.2) is 0 Å². The fraction of sp³-hybridized carbons (Fsp3) is 0.533. The third-order valence-electron chi connectivity index (χ3n) is 3.22. The topological polar surface area (TPSA) is 39.1 Å². The minimum Gasteiger partial charge on any atom is -0.385 e. The number of nitrogens with one attached hydrogen (secondary N) is 1. The number of hydrogen-bond acceptors (Lipinski definition) is 3. The summed E-state index contributed by atoms with van der Waals surface area (Å²) < 4.78 is 0. The summed E-state index contributed by atoms with van der Waals surface area (Å²) in [4.78, 5) is 2.42. The van der Waals surface area contributed by atoms with Crippen molar-refractivity contribution in [1.29, 1.82) is 5.26 Å². The molecule has 1 aromatic carbocycles. The highest BCUT2D eigenvalue weighted by Gasteiger charge is 2.00. The van der Waals surface area contributed by atoms with Crippen molar-refractivity contribution in [3.8, 4) is 6.07 Å². The lowest BCUT2D eigenvalue weighted by Crippen LogP contribution is -2.25. The van der Waals surface area contributed by atoms with Gasteiger partial charge >= 0.3 is 0 Å². The Hall–Kier alpha value is -1.53. The van der Waals surface area contributed by atoms with E-state index in [2.05, 4.69) is 30.1 Å². The lowest BCUT2D eigenvalue weighted by atomic mass is 10.1. The Labute approximate surface area is 110 Å². The average Bonchev–Trinajstić information content (AvgIpc) is 2.39. The highest BCUT2D eigenvalue weighted by atomic mass is 15.1. The van der Waals surface area contributed by atoms with Crippen LogP contribution in [0.15, 0.2) is 18.2 Å². The molecule has 0 fully saturated rings. The van der Waals surface area contributed by atoms with E-state index in [0.717, 1.165) is 49.4 Å². The average molecular weight is 245 g/mol. The summed E-state index contributed by atoms with van der Waals surface area (Å²) in [6, 6.07) is 8.08. The normalized spacial score (nSPS) is 10.4. The van der Waals surface area contributed by atoms with E-state index >= 15 is 0 Å². The summed E-state index contributed by atoms with van der Waals surface area (Å²) in [5, 5.41) is 12.3. The Bertz CT molecular complexity index is 403. The minimum atomic E-state index is 0.753. The first kappa shape index (κ1) is 14.5. The summed E-state index contributed by atoms with van der Waals surface area (Å²) in [6.45, 7) is 10.7. The van der Waals surface area contributed by atoms with E-state index in [1.54, 1.807) is 0 Å². The molecule has 3 heteroatoms. The largest absolute Gasteiger partial charge is 0.385 e. The molecule has 0 saturated carbocycles. The van der Waals surface area contributed by atoms with E-state index in [9.17, 15) is 0 Å². The number of aryl methyl sites for hydroxylation is 1. The van der Waals surface area contributed by atoms with Gasteiger partial charge in [-0.2, -0.15) is 5.26 Å². The van der Waals surface area contributed by atoms with Gasteiger partial charge in [-0.25, -0.2) is 0 Å². The van der Waals surface area contributed by atoms with Crippen molar-refractivity contribution in [2.75, 3.05) is 31.5 Å². The van der Waals surface area contributed by atoms with Gasteiger partial charge < -0.3 is 10.2 Å². The van der Waals surface area contributed by atoms with Crippen molar-refractivity contribution in [1.82, 2.24) is 4.90 Å². The van der Waals surface area contributed by atoms with Crippen molar-refractivity contribution in [2.45, 2.75) is 27.2 Å². The first-order valence-corrected chi connectivity index (χ1v) is 6.68. The van der Waals surface area contributed by atoms with E-state index in [0.29, 0.717) is 0 Å². The highest BCUT2D eigenvalue weighted by Crippen LogP contribution is 2.14. The van der Waals surface area contributed by atoms with Gasteiger partial charge in [-0.15, -0.1) is 0 Å². The summed E-state index contributed by atoms with van der Waals surface area (Å²) in [5.41, 5.74) is 2.89. The Kier molecular flexibility index (Phi) is 6.24. The smallest absolute Gasteiger partial charge is 0.0994 e. The number of anilines is 1. The van der Waals surface area contributed by atoms with Gasteiger partial charge in [-0.3, -0.25) is 0 Å². The van der Waals surface area contributed by atoms with Crippen LogP contribution >= 0.6 is 0 Å². The second-order valence-electron chi connectivity index (χ2n) is 4.45. The van der Waals surface area contributed by atoms with Gasteiger partial charge in [0.05, 0.1) is 11.6 Å². The zero-order valence-electron chi connectivity index (χ0n) is 11.7. The zero-order chi connectivity index (χ0) is 13.4. The Balaban J connectivity index is 2.36. The molecular formula is C15H23N3. The molecule has 0 aromatic heterocycles. The van der Waals surface area contributed by atoms with Crippen LogP contribution in [0.1, 0.15) is 31.4 Å². The molecule has 18 heavy (non-hydrogen) atoms. The molecule has 0 spiro atoms. The van der Waals surface area contributed by atoms with E-state index in [4.69, 9.17) is 5.26 Å². The molecule has 0 aliphatic heterocycles. The molecule has 0 amide bonds. The van der Waals surface area contributed by atoms with Gasteiger partial charge in [0.25, 0.3) is 0 Å². The molecule has 1 rings (SSSR count). The molecular weight excluding hydrogens is 222 g/mol. The maximum absolute atomic E-state index is 8.86. The molecule has 3 nitrogen and oxygen atoms in total. The SMILES string of the molecule is CCN(CC)CCCNc1ccc(C#N)c(C)c1. The van der Waals surface area contributed by atoms with Crippen LogP contribution in [0.5, 0.6) is 0 Å². The predicted molar refractivity (Wildman–Crippen MR) is 76.8 cm³/mol. The first-order chi connectivity index (χ1) is 8.71. The van der Waals surface area contributed by atoms with Gasteiger partial charge in [-0.1, -0.05) is 13.8 Å². The maximum atomic E-state index is 8.86. The van der Waals surface area contributed by atoms with Crippen LogP contribution < -0.4 is 5.32 Å². The number of benzene rings is 1. The van der Waals surface area contributed by atoms with Crippen molar-refractivity contribution in [3.05, 3.63) is 29.3 Å². The van der Waals surface area contributed by atoms with Gasteiger partial charge in [0.1, 0.15) is 0 Å². The lowest BCUT2D eigenvalue weighted by Gasteiger charge is -2.18. The summed E-state index contributed by atoms with van der Waals surface area (Å²) in [6.07, 6.45) is 1.14. The molecule has 0 atom stereocenters. The van der Waals surface area contributed by atoms with E-state index < -0.39 is 0 Å². The third-order valence-corrected chi connectivity index (χ3v) is 3.22. The maximum Gasteiger partial charge on any atom is 0.0994 e. The predicted octanol–water partition coefficient (Wildman–Crippen LogP) is 3.01. The van der Waals surface area contributed by atoms with Crippen LogP contribution in [-0.2, 0) is 0 Å². The molecule has 0 saturated heterocycles. The standard InChI is InChI=1S/C15H23N3/c1-4-18(5-2)10-6-9-17-15-8-7-14(12-16)13(3)11-15/h7-8,11,17H,4-6,9-10H2,1-3H3. The van der Waals surface area contributed by atoms with Crippen molar-refractivity contribution >= 4 is 5.69 Å². The van der Waals surface area contributed by atoms with Crippen molar-refractivity contribution < 1.29 is 0 Å². The second kappa shape index (κ2) is 7.73. The number of hydrogen-bond donors (Lipinski definition) is 1. The van der Waals surface area contributed by atoms with Crippen molar-refractivity contribution in [3.63, 3.8) is 0 Å². The third kappa shape index (κ3) is 4.38. The molecule has 0 aliphatic rings. The van der Waals surface area contributed by atoms with Crippen LogP contribution in [0, 0.1) is 18.3 Å². The number of rotatable bonds is 7. The summed E-state index contributed by atoms with van der Waals surface area (Å²) in [5.74, 6) is 0. The first-order valence-electron chi connectivity index (χ1n) is 6.68. The van der Waals surface area contributed by atoms with E-state index in [-0.39, 0.29) is 0 Å². The van der Waals surface area contributed by atoms with Gasteiger partial charge in [0.2, 0.25) is 0 Å². The second-order valence-corrected chi connectivity index (χ2v) is 4.45. The van der Waals surface area contributed by atoms with E-state index in [1.807, 2.05) is 25.1 Å². The molecule has 0 heterocycles. The Morgan fingerprint density at radius 2 is 2.00 bits per heavy atom.